The Morgan fingerprint density at radius 2 is 1.59 bits per heavy atom. The number of rotatable bonds is 7. The third kappa shape index (κ3) is 5.54. The lowest BCUT2D eigenvalue weighted by atomic mass is 9.97. The average Bonchev–Trinajstić information content (AvgIpc) is 3.21. The van der Waals surface area contributed by atoms with Crippen molar-refractivity contribution in [1.29, 1.82) is 0 Å². The molecule has 3 aromatic carbocycles. The molecule has 4 aromatic rings. The monoisotopic (exact) mass is 464 g/mol. The molecule has 0 amide bonds. The molecule has 0 spiro atoms. The van der Waals surface area contributed by atoms with Crippen LogP contribution in [0.2, 0.25) is 0 Å². The number of alkyl halides is 3. The van der Waals surface area contributed by atoms with Crippen LogP contribution in [0.25, 0.3) is 11.3 Å². The van der Waals surface area contributed by atoms with E-state index in [1.165, 1.54) is 19.2 Å². The van der Waals surface area contributed by atoms with Crippen LogP contribution in [0, 0.1) is 0 Å². The quantitative estimate of drug-likeness (QED) is 0.319. The lowest BCUT2D eigenvalue weighted by Crippen LogP contribution is -2.12. The SMILES string of the molecule is COC(=O)Cc1cc(-c2ccccc2Cc2ccc(C(F)(F)F)cc2)nn1Cc1ccccc1. The summed E-state index contributed by atoms with van der Waals surface area (Å²) in [5, 5.41) is 4.77. The van der Waals surface area contributed by atoms with Crippen LogP contribution in [0.15, 0.2) is 84.9 Å². The van der Waals surface area contributed by atoms with Crippen molar-refractivity contribution in [3.63, 3.8) is 0 Å². The molecular weight excluding hydrogens is 441 g/mol. The van der Waals surface area contributed by atoms with Gasteiger partial charge in [0.2, 0.25) is 0 Å². The molecule has 7 heteroatoms. The van der Waals surface area contributed by atoms with Crippen LogP contribution >= 0.6 is 0 Å². The van der Waals surface area contributed by atoms with Gasteiger partial charge in [0.15, 0.2) is 0 Å². The van der Waals surface area contributed by atoms with E-state index in [4.69, 9.17) is 9.84 Å². The van der Waals surface area contributed by atoms with Crippen LogP contribution in [0.1, 0.15) is 27.9 Å². The summed E-state index contributed by atoms with van der Waals surface area (Å²) in [6.07, 6.45) is -3.83. The summed E-state index contributed by atoms with van der Waals surface area (Å²) in [7, 11) is 1.35. The van der Waals surface area contributed by atoms with Crippen LogP contribution in [0.5, 0.6) is 0 Å². The van der Waals surface area contributed by atoms with Crippen molar-refractivity contribution in [1.82, 2.24) is 9.78 Å². The molecule has 0 saturated heterocycles. The molecule has 0 radical (unpaired) electrons. The van der Waals surface area contributed by atoms with Gasteiger partial charge in [-0.25, -0.2) is 0 Å². The third-order valence-electron chi connectivity index (χ3n) is 5.56. The maximum Gasteiger partial charge on any atom is 0.416 e. The standard InChI is InChI=1S/C27H23F3N2O2/c1-34-26(33)17-23-16-25(31-32(23)18-20-7-3-2-4-8-20)24-10-6-5-9-21(24)15-19-11-13-22(14-12-19)27(28,29)30/h2-14,16H,15,17-18H2,1H3. The highest BCUT2D eigenvalue weighted by Gasteiger charge is 2.30. The number of hydrogen-bond acceptors (Lipinski definition) is 3. The second kappa shape index (κ2) is 9.95. The molecule has 0 aliphatic heterocycles. The predicted molar refractivity (Wildman–Crippen MR) is 123 cm³/mol. The van der Waals surface area contributed by atoms with Crippen LogP contribution in [-0.4, -0.2) is 22.9 Å². The van der Waals surface area contributed by atoms with E-state index >= 15 is 0 Å². The van der Waals surface area contributed by atoms with Crippen molar-refractivity contribution >= 4 is 5.97 Å². The van der Waals surface area contributed by atoms with Crippen LogP contribution in [-0.2, 0) is 35.1 Å². The van der Waals surface area contributed by atoms with Gasteiger partial charge < -0.3 is 4.74 Å². The van der Waals surface area contributed by atoms with E-state index in [-0.39, 0.29) is 12.4 Å². The highest BCUT2D eigenvalue weighted by molar-refractivity contribution is 5.73. The maximum atomic E-state index is 12.9. The molecule has 1 heterocycles. The first-order valence-electron chi connectivity index (χ1n) is 10.8. The average molecular weight is 464 g/mol. The first-order valence-corrected chi connectivity index (χ1v) is 10.8. The number of hydrogen-bond donors (Lipinski definition) is 0. The first kappa shape index (κ1) is 23.3. The largest absolute Gasteiger partial charge is 0.469 e. The van der Waals surface area contributed by atoms with Gasteiger partial charge in [-0.1, -0.05) is 66.7 Å². The topological polar surface area (TPSA) is 44.1 Å². The molecule has 4 nitrogen and oxygen atoms in total. The van der Waals surface area contributed by atoms with Crippen molar-refractivity contribution in [2.24, 2.45) is 0 Å². The van der Waals surface area contributed by atoms with Crippen molar-refractivity contribution in [2.75, 3.05) is 7.11 Å². The van der Waals surface area contributed by atoms with E-state index in [9.17, 15) is 18.0 Å². The molecule has 0 N–H and O–H groups in total. The smallest absolute Gasteiger partial charge is 0.416 e. The third-order valence-corrected chi connectivity index (χ3v) is 5.56. The molecule has 0 bridgehead atoms. The summed E-state index contributed by atoms with van der Waals surface area (Å²) >= 11 is 0. The number of ether oxygens (including phenoxy) is 1. The van der Waals surface area contributed by atoms with Crippen molar-refractivity contribution in [2.45, 2.75) is 25.6 Å². The summed E-state index contributed by atoms with van der Waals surface area (Å²) < 4.78 is 45.3. The van der Waals surface area contributed by atoms with E-state index < -0.39 is 11.7 Å². The Kier molecular flexibility index (Phi) is 6.82. The molecule has 0 saturated carbocycles. The molecule has 0 aliphatic rings. The van der Waals surface area contributed by atoms with Crippen molar-refractivity contribution < 1.29 is 22.7 Å². The molecule has 34 heavy (non-hydrogen) atoms. The van der Waals surface area contributed by atoms with E-state index in [0.717, 1.165) is 40.1 Å². The fourth-order valence-electron chi connectivity index (χ4n) is 3.80. The predicted octanol–water partition coefficient (Wildman–Crippen LogP) is 5.92. The number of nitrogens with zero attached hydrogens (tertiary/aromatic N) is 2. The molecular formula is C27H23F3N2O2. The van der Waals surface area contributed by atoms with Crippen molar-refractivity contribution in [3.8, 4) is 11.3 Å². The van der Waals surface area contributed by atoms with Gasteiger partial charge in [-0.2, -0.15) is 18.3 Å². The van der Waals surface area contributed by atoms with Gasteiger partial charge in [0.1, 0.15) is 0 Å². The lowest BCUT2D eigenvalue weighted by molar-refractivity contribution is -0.140. The second-order valence-electron chi connectivity index (χ2n) is 7.95. The summed E-state index contributed by atoms with van der Waals surface area (Å²) in [6.45, 7) is 0.494. The van der Waals surface area contributed by atoms with Crippen molar-refractivity contribution in [3.05, 3.63) is 113 Å². The normalized spacial score (nSPS) is 11.4. The number of esters is 1. The molecule has 1 aromatic heterocycles. The minimum absolute atomic E-state index is 0.0808. The van der Waals surface area contributed by atoms with Gasteiger partial charge in [0.25, 0.3) is 0 Å². The Bertz CT molecular complexity index is 1260. The van der Waals surface area contributed by atoms with Gasteiger partial charge in [-0.3, -0.25) is 9.48 Å². The van der Waals surface area contributed by atoms with Crippen LogP contribution in [0.3, 0.4) is 0 Å². The Morgan fingerprint density at radius 3 is 2.26 bits per heavy atom. The summed E-state index contributed by atoms with van der Waals surface area (Å²) in [6, 6.07) is 24.5. The van der Waals surface area contributed by atoms with Crippen LogP contribution in [0.4, 0.5) is 13.2 Å². The molecule has 0 fully saturated rings. The van der Waals surface area contributed by atoms with E-state index in [2.05, 4.69) is 0 Å². The van der Waals surface area contributed by atoms with E-state index in [0.29, 0.717) is 18.7 Å². The Hall–Kier alpha value is -3.87. The zero-order chi connectivity index (χ0) is 24.1. The van der Waals surface area contributed by atoms with Gasteiger partial charge in [-0.15, -0.1) is 0 Å². The number of benzene rings is 3. The first-order chi connectivity index (χ1) is 16.3. The Morgan fingerprint density at radius 1 is 0.912 bits per heavy atom. The maximum absolute atomic E-state index is 12.9. The molecule has 0 aliphatic carbocycles. The fourth-order valence-corrected chi connectivity index (χ4v) is 3.80. The minimum atomic E-state index is -4.36. The highest BCUT2D eigenvalue weighted by atomic mass is 19.4. The van der Waals surface area contributed by atoms with E-state index in [1.807, 2.05) is 60.7 Å². The summed E-state index contributed by atoms with van der Waals surface area (Å²) in [5.74, 6) is -0.362. The van der Waals surface area contributed by atoms with Gasteiger partial charge in [0.05, 0.1) is 37.0 Å². The van der Waals surface area contributed by atoms with Gasteiger partial charge >= 0.3 is 12.1 Å². The number of aromatic nitrogens is 2. The van der Waals surface area contributed by atoms with Crippen LogP contribution < -0.4 is 0 Å². The molecule has 0 atom stereocenters. The zero-order valence-electron chi connectivity index (χ0n) is 18.5. The Labute approximate surface area is 195 Å². The molecule has 0 unspecified atom stereocenters. The molecule has 174 valence electrons. The number of carbonyl (C=O) groups is 1. The summed E-state index contributed by atoms with van der Waals surface area (Å²) in [5.41, 5.74) is 4.33. The highest BCUT2D eigenvalue weighted by Crippen LogP contribution is 2.30. The number of carbonyl (C=O) groups excluding carboxylic acids is 1. The second-order valence-corrected chi connectivity index (χ2v) is 7.95. The Balaban J connectivity index is 1.66. The van der Waals surface area contributed by atoms with Gasteiger partial charge in [-0.05, 0) is 41.3 Å². The fraction of sp³-hybridized carbons (Fsp3) is 0.185. The number of methoxy groups -OCH3 is 1. The minimum Gasteiger partial charge on any atom is -0.469 e. The number of halogens is 3. The lowest BCUT2D eigenvalue weighted by Gasteiger charge is -2.10. The zero-order valence-corrected chi connectivity index (χ0v) is 18.5. The van der Waals surface area contributed by atoms with Gasteiger partial charge in [0, 0.05) is 5.56 Å². The molecule has 4 rings (SSSR count). The summed E-state index contributed by atoms with van der Waals surface area (Å²) in [4.78, 5) is 12.0. The van der Waals surface area contributed by atoms with E-state index in [1.54, 1.807) is 4.68 Å².